The summed E-state index contributed by atoms with van der Waals surface area (Å²) >= 11 is 5.92. The molecule has 0 saturated carbocycles. The number of benzene rings is 2. The Hall–Kier alpha value is -8.81. The molecule has 0 unspecified atom stereocenters. The first-order chi connectivity index (χ1) is 35.8. The van der Waals surface area contributed by atoms with Gasteiger partial charge in [-0.15, -0.1) is 0 Å². The van der Waals surface area contributed by atoms with Crippen LogP contribution in [0, 0.1) is 0 Å². The number of anilines is 2. The third-order valence-corrected chi connectivity index (χ3v) is 12.6. The fourth-order valence-corrected chi connectivity index (χ4v) is 8.05. The molecule has 11 rings (SSSR count). The molecule has 1 aliphatic heterocycles. The summed E-state index contributed by atoms with van der Waals surface area (Å²) in [5, 5.41) is 0.0778. The zero-order valence-corrected chi connectivity index (χ0v) is 40.7. The van der Waals surface area contributed by atoms with Gasteiger partial charge in [0.05, 0.1) is 72.2 Å². The van der Waals surface area contributed by atoms with Gasteiger partial charge in [0.25, 0.3) is 11.1 Å². The number of nitrogens with two attached hydrogens (primary N) is 2. The first-order valence-electron chi connectivity index (χ1n) is 22.5. The van der Waals surface area contributed by atoms with Gasteiger partial charge in [-0.2, -0.15) is 26.3 Å². The maximum atomic E-state index is 13.3. The summed E-state index contributed by atoms with van der Waals surface area (Å²) in [5.74, 6) is 0.817. The van der Waals surface area contributed by atoms with E-state index in [2.05, 4.69) is 39.9 Å². The van der Waals surface area contributed by atoms with E-state index in [4.69, 9.17) is 32.4 Å². The fraction of sp³-hybridized carbons (Fsp3) is 0.160. The quantitative estimate of drug-likeness (QED) is 0.0575. The minimum Gasteiger partial charge on any atom is -0.399 e. The molecule has 1 fully saturated rings. The van der Waals surface area contributed by atoms with Gasteiger partial charge in [0.2, 0.25) is 0 Å². The topological polar surface area (TPSA) is 258 Å². The normalized spacial score (nSPS) is 14.1. The largest absolute Gasteiger partial charge is 0.496 e. The molecule has 0 bridgehead atoms. The maximum Gasteiger partial charge on any atom is 0.496 e. The van der Waals surface area contributed by atoms with Gasteiger partial charge < -0.3 is 20.8 Å². The Morgan fingerprint density at radius 3 is 1.51 bits per heavy atom. The number of halogens is 7. The highest BCUT2D eigenvalue weighted by Crippen LogP contribution is 2.37. The van der Waals surface area contributed by atoms with Gasteiger partial charge in [0, 0.05) is 35.8 Å². The Kier molecular flexibility index (Phi) is 13.3. The van der Waals surface area contributed by atoms with Crippen LogP contribution in [0.5, 0.6) is 0 Å². The van der Waals surface area contributed by atoms with Gasteiger partial charge in [-0.05, 0) is 107 Å². The van der Waals surface area contributed by atoms with E-state index in [1.165, 1.54) is 55.0 Å². The van der Waals surface area contributed by atoms with Crippen LogP contribution in [-0.4, -0.2) is 67.3 Å². The number of rotatable bonds is 4. The van der Waals surface area contributed by atoms with Crippen molar-refractivity contribution in [3.8, 4) is 22.6 Å². The average molecular weight is 1060 g/mol. The highest BCUT2D eigenvalue weighted by atomic mass is 35.5. The molecule has 0 amide bonds. The summed E-state index contributed by atoms with van der Waals surface area (Å²) in [6.45, 7) is 8.10. The second-order valence-corrected chi connectivity index (χ2v) is 18.4. The molecule has 0 spiro atoms. The van der Waals surface area contributed by atoms with E-state index < -0.39 is 46.0 Å². The number of nitrogen functional groups attached to an aromatic ring is 2. The number of alkyl halides is 6. The van der Waals surface area contributed by atoms with Crippen molar-refractivity contribution in [1.82, 2.24) is 49.0 Å². The van der Waals surface area contributed by atoms with Crippen LogP contribution in [0.15, 0.2) is 141 Å². The van der Waals surface area contributed by atoms with Crippen molar-refractivity contribution in [1.29, 1.82) is 0 Å². The molecule has 0 radical (unpaired) electrons. The number of fused-ring (bicyclic) bond motifs is 6. The first-order valence-corrected chi connectivity index (χ1v) is 22.9. The van der Waals surface area contributed by atoms with Crippen molar-refractivity contribution in [2.45, 2.75) is 51.2 Å². The third kappa shape index (κ3) is 10.2. The zero-order chi connectivity index (χ0) is 54.6. The minimum atomic E-state index is -4.62. The molecule has 1 saturated heterocycles. The van der Waals surface area contributed by atoms with Gasteiger partial charge in [-0.1, -0.05) is 29.8 Å². The minimum absolute atomic E-state index is 0.000377. The molecule has 386 valence electrons. The van der Waals surface area contributed by atoms with Crippen LogP contribution in [-0.2, 0) is 21.7 Å². The second-order valence-electron chi connectivity index (χ2n) is 18.0. The Morgan fingerprint density at radius 2 is 1.05 bits per heavy atom. The number of hydrogen-bond donors (Lipinski definition) is 4. The third-order valence-electron chi connectivity index (χ3n) is 12.4. The fourth-order valence-electron chi connectivity index (χ4n) is 7.90. The standard InChI is InChI=1S/C22H13F3N6O2.C17H8ClF3N4O2.C11H17BN2O2/c23-22(24,25)12-2-1-3-13(8-12)31-19-14(20(32)30-21(31)33)10-27-16-6-5-15(29-18(16)19)11-4-7-17(26)28-9-11;18-12-5-4-11-13(23-12)14-10(7-22-11)15(26)24-16(27)25(14)9-3-1-2-8(6-9)17(19,20)21;1-10(2)11(3,4)16-12(15-10)8-5-6-9(13)14-7-8/h1-10H,(H2,26,28)(H,30,32,33);1-7H,(H,24,26,27);5-7H,1-4H3,(H2,13,14). The Labute approximate surface area is 428 Å². The predicted octanol–water partition coefficient (Wildman–Crippen LogP) is 7.54. The molecule has 26 heteroatoms. The van der Waals surface area contributed by atoms with E-state index in [1.54, 1.807) is 36.5 Å². The molecule has 76 heavy (non-hydrogen) atoms. The monoisotopic (exact) mass is 1060 g/mol. The Morgan fingerprint density at radius 1 is 0.579 bits per heavy atom. The van der Waals surface area contributed by atoms with E-state index in [0.29, 0.717) is 33.9 Å². The van der Waals surface area contributed by atoms with Crippen LogP contribution in [0.4, 0.5) is 38.0 Å². The Bertz CT molecular complexity index is 4140. The summed E-state index contributed by atoms with van der Waals surface area (Å²) < 4.78 is 92.9. The summed E-state index contributed by atoms with van der Waals surface area (Å²) in [6.07, 6.45) is -3.52. The number of H-pyrrole nitrogens is 2. The van der Waals surface area contributed by atoms with Crippen LogP contribution in [0.2, 0.25) is 5.15 Å². The SMILES string of the molecule is CC1(C)OB(c2ccc(N)nc2)OC1(C)C.Nc1ccc(-c2ccc3ncc4c(=O)[nH]c(=O)n(-c5cccc(C(F)(F)F)c5)c4c3n2)cn1.O=c1[nH]c(=O)n(-c2cccc(C(F)(F)F)c2)c2c1cnc1ccc(Cl)nc12. The van der Waals surface area contributed by atoms with Crippen molar-refractivity contribution < 1.29 is 35.7 Å². The van der Waals surface area contributed by atoms with Crippen molar-refractivity contribution in [3.63, 3.8) is 0 Å². The van der Waals surface area contributed by atoms with Gasteiger partial charge in [0.1, 0.15) is 27.8 Å². The molecule has 2 aromatic carbocycles. The summed E-state index contributed by atoms with van der Waals surface area (Å²) in [6, 6.07) is 21.7. The lowest BCUT2D eigenvalue weighted by Crippen LogP contribution is -2.41. The van der Waals surface area contributed by atoms with Crippen LogP contribution >= 0.6 is 11.6 Å². The highest BCUT2D eigenvalue weighted by Gasteiger charge is 2.51. The first kappa shape index (κ1) is 52.1. The zero-order valence-electron chi connectivity index (χ0n) is 40.0. The average Bonchev–Trinajstić information content (AvgIpc) is 3.62. The smallest absolute Gasteiger partial charge is 0.399 e. The van der Waals surface area contributed by atoms with Crippen molar-refractivity contribution in [3.05, 3.63) is 180 Å². The van der Waals surface area contributed by atoms with E-state index >= 15 is 0 Å². The van der Waals surface area contributed by atoms with Crippen molar-refractivity contribution in [2.75, 3.05) is 11.5 Å². The Balaban J connectivity index is 0.000000148. The summed E-state index contributed by atoms with van der Waals surface area (Å²) in [5.41, 5.74) is 8.24. The van der Waals surface area contributed by atoms with Gasteiger partial charge >= 0.3 is 30.9 Å². The lowest BCUT2D eigenvalue weighted by molar-refractivity contribution is -0.138. The van der Waals surface area contributed by atoms with Gasteiger partial charge in [-0.3, -0.25) is 38.7 Å². The molecule has 9 heterocycles. The number of pyridine rings is 6. The van der Waals surface area contributed by atoms with Crippen molar-refractivity contribution in [2.24, 2.45) is 0 Å². The van der Waals surface area contributed by atoms with E-state index in [-0.39, 0.29) is 67.7 Å². The molecule has 0 aliphatic carbocycles. The summed E-state index contributed by atoms with van der Waals surface area (Å²) in [7, 11) is -0.363. The molecule has 6 N–H and O–H groups in total. The molecule has 18 nitrogen and oxygen atoms in total. The highest BCUT2D eigenvalue weighted by molar-refractivity contribution is 6.62. The number of nitrogens with zero attached hydrogens (tertiary/aromatic N) is 8. The second kappa shape index (κ2) is 19.5. The number of nitrogens with one attached hydrogen (secondary N) is 2. The van der Waals surface area contributed by atoms with E-state index in [9.17, 15) is 45.5 Å². The summed E-state index contributed by atoms with van der Waals surface area (Å²) in [4.78, 5) is 79.3. The van der Waals surface area contributed by atoms with Crippen LogP contribution in [0.1, 0.15) is 38.8 Å². The molecular formula is C50H38BClF6N12O6. The molecular weight excluding hydrogens is 1020 g/mol. The molecule has 10 aromatic rings. The molecule has 1 aliphatic rings. The van der Waals surface area contributed by atoms with Crippen LogP contribution in [0.25, 0.3) is 66.5 Å². The van der Waals surface area contributed by atoms with E-state index in [0.717, 1.165) is 38.9 Å². The van der Waals surface area contributed by atoms with Crippen molar-refractivity contribution >= 4 is 79.7 Å². The van der Waals surface area contributed by atoms with Crippen LogP contribution < -0.4 is 39.4 Å². The van der Waals surface area contributed by atoms with E-state index in [1.807, 2.05) is 33.8 Å². The molecule has 0 atom stereocenters. The van der Waals surface area contributed by atoms with Gasteiger partial charge in [0.15, 0.2) is 0 Å². The number of hydrogen-bond acceptors (Lipinski definition) is 14. The maximum absolute atomic E-state index is 13.3. The van der Waals surface area contributed by atoms with Gasteiger partial charge in [-0.25, -0.2) is 29.5 Å². The van der Waals surface area contributed by atoms with Crippen LogP contribution in [0.3, 0.4) is 0 Å². The predicted molar refractivity (Wildman–Crippen MR) is 274 cm³/mol. The lowest BCUT2D eigenvalue weighted by Gasteiger charge is -2.32. The number of aromatic amines is 2. The lowest BCUT2D eigenvalue weighted by atomic mass is 9.80. The molecule has 8 aromatic heterocycles. The number of aromatic nitrogens is 10.